The van der Waals surface area contributed by atoms with Crippen LogP contribution in [0.15, 0.2) is 79.1 Å². The molecule has 5 heterocycles. The second-order valence-electron chi connectivity index (χ2n) is 8.94. The van der Waals surface area contributed by atoms with E-state index in [4.69, 9.17) is 25.4 Å². The first-order valence-corrected chi connectivity index (χ1v) is 12.1. The summed E-state index contributed by atoms with van der Waals surface area (Å²) in [7, 11) is 1.43. The van der Waals surface area contributed by atoms with Gasteiger partial charge in [0.2, 0.25) is 0 Å². The van der Waals surface area contributed by atoms with Gasteiger partial charge in [-0.2, -0.15) is 0 Å². The van der Waals surface area contributed by atoms with Crippen molar-refractivity contribution in [2.75, 3.05) is 30.8 Å². The highest BCUT2D eigenvalue weighted by Crippen LogP contribution is 2.32. The highest BCUT2D eigenvalue weighted by Gasteiger charge is 2.30. The van der Waals surface area contributed by atoms with Gasteiger partial charge >= 0.3 is 5.97 Å². The van der Waals surface area contributed by atoms with E-state index in [0.717, 1.165) is 41.2 Å². The molecule has 1 unspecified atom stereocenters. The van der Waals surface area contributed by atoms with Gasteiger partial charge in [-0.05, 0) is 42.8 Å². The third kappa shape index (κ3) is 4.14. The highest BCUT2D eigenvalue weighted by molar-refractivity contribution is 5.84. The maximum absolute atomic E-state index is 12.0. The number of hydrogen-bond donors (Lipinski definition) is 1. The van der Waals surface area contributed by atoms with Crippen LogP contribution in [0.3, 0.4) is 0 Å². The minimum absolute atomic E-state index is 0.134. The molecule has 1 aliphatic heterocycles. The Bertz CT molecular complexity index is 1580. The zero-order valence-corrected chi connectivity index (χ0v) is 20.3. The Hall–Kier alpha value is -4.79. The zero-order valence-electron chi connectivity index (χ0n) is 20.3. The Morgan fingerprint density at radius 2 is 1.86 bits per heavy atom. The summed E-state index contributed by atoms with van der Waals surface area (Å²) in [5.41, 5.74) is 11.1. The number of benzene rings is 1. The smallest absolute Gasteiger partial charge is 0.310 e. The summed E-state index contributed by atoms with van der Waals surface area (Å²) in [6.45, 7) is 1.34. The van der Waals surface area contributed by atoms with Crippen LogP contribution in [0.2, 0.25) is 0 Å². The van der Waals surface area contributed by atoms with Gasteiger partial charge in [0.15, 0.2) is 11.5 Å². The fourth-order valence-electron chi connectivity index (χ4n) is 4.78. The van der Waals surface area contributed by atoms with Crippen molar-refractivity contribution in [3.63, 3.8) is 0 Å². The lowest BCUT2D eigenvalue weighted by molar-refractivity contribution is -0.144. The summed E-state index contributed by atoms with van der Waals surface area (Å²) in [5, 5.41) is 0. The minimum Gasteiger partial charge on any atom is -0.469 e. The zero-order chi connectivity index (χ0) is 25.4. The van der Waals surface area contributed by atoms with Crippen molar-refractivity contribution in [3.8, 4) is 28.3 Å². The van der Waals surface area contributed by atoms with Crippen LogP contribution in [-0.4, -0.2) is 50.7 Å². The lowest BCUT2D eigenvalue weighted by atomic mass is 10.1. The molecule has 0 aliphatic carbocycles. The molecule has 1 atom stereocenters. The van der Waals surface area contributed by atoms with E-state index in [1.807, 2.05) is 71.3 Å². The second kappa shape index (κ2) is 9.34. The van der Waals surface area contributed by atoms with E-state index in [0.29, 0.717) is 29.4 Å². The lowest BCUT2D eigenvalue weighted by Crippen LogP contribution is -2.24. The summed E-state index contributed by atoms with van der Waals surface area (Å²) >= 11 is 0. The number of imidazole rings is 1. The fraction of sp³-hybridized carbons (Fsp3) is 0.179. The van der Waals surface area contributed by atoms with Crippen molar-refractivity contribution in [2.45, 2.75) is 6.42 Å². The van der Waals surface area contributed by atoms with E-state index >= 15 is 0 Å². The highest BCUT2D eigenvalue weighted by atomic mass is 16.5. The van der Waals surface area contributed by atoms with Crippen LogP contribution in [0, 0.1) is 5.92 Å². The standard InChI is InChI=1S/C28H25N7O2/c1-37-28(36)19-13-15-34(17-19)24-12-9-20(16-31-24)35-26(21-8-5-14-30-25(21)29)33-23-11-10-22(32-27(23)35)18-6-3-2-4-7-18/h2-12,14,16,19H,13,15,17H2,1H3,(H2,29,30). The summed E-state index contributed by atoms with van der Waals surface area (Å²) < 4.78 is 6.88. The Kier molecular flexibility index (Phi) is 5.72. The van der Waals surface area contributed by atoms with Crippen LogP contribution in [0.4, 0.5) is 11.6 Å². The van der Waals surface area contributed by atoms with Crippen LogP contribution >= 0.6 is 0 Å². The van der Waals surface area contributed by atoms with Crippen molar-refractivity contribution in [1.82, 2.24) is 24.5 Å². The first-order chi connectivity index (χ1) is 18.1. The van der Waals surface area contributed by atoms with Crippen LogP contribution in [-0.2, 0) is 9.53 Å². The van der Waals surface area contributed by atoms with Gasteiger partial charge in [0.25, 0.3) is 0 Å². The van der Waals surface area contributed by atoms with E-state index in [-0.39, 0.29) is 11.9 Å². The molecule has 0 radical (unpaired) electrons. The molecular weight excluding hydrogens is 466 g/mol. The third-order valence-corrected chi connectivity index (χ3v) is 6.69. The Balaban J connectivity index is 1.45. The van der Waals surface area contributed by atoms with Gasteiger partial charge in [-0.3, -0.25) is 9.36 Å². The van der Waals surface area contributed by atoms with Gasteiger partial charge in [0.1, 0.15) is 17.2 Å². The third-order valence-electron chi connectivity index (χ3n) is 6.69. The summed E-state index contributed by atoms with van der Waals surface area (Å²) in [4.78, 5) is 32.9. The molecule has 0 amide bonds. The molecule has 9 heteroatoms. The molecule has 9 nitrogen and oxygen atoms in total. The Labute approximate surface area is 213 Å². The number of aromatic nitrogens is 5. The monoisotopic (exact) mass is 491 g/mol. The molecule has 37 heavy (non-hydrogen) atoms. The van der Waals surface area contributed by atoms with Crippen molar-refractivity contribution in [2.24, 2.45) is 5.92 Å². The van der Waals surface area contributed by atoms with Gasteiger partial charge in [-0.25, -0.2) is 19.9 Å². The van der Waals surface area contributed by atoms with E-state index in [1.165, 1.54) is 7.11 Å². The molecule has 0 spiro atoms. The van der Waals surface area contributed by atoms with Crippen molar-refractivity contribution >= 4 is 28.8 Å². The van der Waals surface area contributed by atoms with Crippen LogP contribution in [0.5, 0.6) is 0 Å². The van der Waals surface area contributed by atoms with Crippen molar-refractivity contribution < 1.29 is 9.53 Å². The maximum atomic E-state index is 12.0. The summed E-state index contributed by atoms with van der Waals surface area (Å²) in [6.07, 6.45) is 4.21. The first-order valence-electron chi connectivity index (χ1n) is 12.1. The van der Waals surface area contributed by atoms with Gasteiger partial charge in [0, 0.05) is 24.8 Å². The van der Waals surface area contributed by atoms with Crippen molar-refractivity contribution in [1.29, 1.82) is 0 Å². The fourth-order valence-corrected chi connectivity index (χ4v) is 4.78. The number of fused-ring (bicyclic) bond motifs is 1. The van der Waals surface area contributed by atoms with Gasteiger partial charge in [0.05, 0.1) is 36.2 Å². The second-order valence-corrected chi connectivity index (χ2v) is 8.94. The molecule has 4 aromatic heterocycles. The molecule has 1 aliphatic rings. The predicted octanol–water partition coefficient (Wildman–Crippen LogP) is 4.13. The number of ether oxygens (including phenoxy) is 1. The largest absolute Gasteiger partial charge is 0.469 e. The van der Waals surface area contributed by atoms with Gasteiger partial charge < -0.3 is 15.4 Å². The molecule has 2 N–H and O–H groups in total. The van der Waals surface area contributed by atoms with E-state index in [1.54, 1.807) is 12.4 Å². The number of hydrogen-bond acceptors (Lipinski definition) is 8. The Morgan fingerprint density at radius 3 is 2.62 bits per heavy atom. The number of nitrogen functional groups attached to an aromatic ring is 1. The molecule has 184 valence electrons. The van der Waals surface area contributed by atoms with E-state index < -0.39 is 0 Å². The van der Waals surface area contributed by atoms with Crippen LogP contribution in [0.25, 0.3) is 39.5 Å². The number of carbonyl (C=O) groups is 1. The topological polar surface area (TPSA) is 112 Å². The molecule has 1 saturated heterocycles. The number of esters is 1. The molecule has 6 rings (SSSR count). The van der Waals surface area contributed by atoms with Crippen LogP contribution in [0.1, 0.15) is 6.42 Å². The van der Waals surface area contributed by atoms with E-state index in [9.17, 15) is 4.79 Å². The quantitative estimate of drug-likeness (QED) is 0.365. The number of anilines is 2. The number of rotatable bonds is 5. The summed E-state index contributed by atoms with van der Waals surface area (Å²) in [5.74, 6) is 1.52. The molecule has 0 bridgehead atoms. The van der Waals surface area contributed by atoms with Gasteiger partial charge in [-0.1, -0.05) is 30.3 Å². The van der Waals surface area contributed by atoms with E-state index in [2.05, 4.69) is 9.88 Å². The van der Waals surface area contributed by atoms with Crippen LogP contribution < -0.4 is 10.6 Å². The van der Waals surface area contributed by atoms with Gasteiger partial charge in [-0.15, -0.1) is 0 Å². The minimum atomic E-state index is -0.178. The summed E-state index contributed by atoms with van der Waals surface area (Å²) in [6, 6.07) is 21.6. The number of methoxy groups -OCH3 is 1. The number of carbonyl (C=O) groups excluding carboxylic acids is 1. The first kappa shape index (κ1) is 22.7. The molecule has 5 aromatic rings. The number of nitrogens with zero attached hydrogens (tertiary/aromatic N) is 6. The molecule has 0 saturated carbocycles. The van der Waals surface area contributed by atoms with Crippen molar-refractivity contribution in [3.05, 3.63) is 79.1 Å². The average Bonchev–Trinajstić information content (AvgIpc) is 3.59. The predicted molar refractivity (Wildman–Crippen MR) is 142 cm³/mol. The maximum Gasteiger partial charge on any atom is 0.310 e. The molecule has 1 aromatic carbocycles. The average molecular weight is 492 g/mol. The number of nitrogens with two attached hydrogens (primary N) is 1. The Morgan fingerprint density at radius 1 is 1.00 bits per heavy atom. The number of pyridine rings is 3. The molecular formula is C28H25N7O2. The molecule has 1 fully saturated rings. The lowest BCUT2D eigenvalue weighted by Gasteiger charge is -2.18. The normalized spacial score (nSPS) is 15.3. The SMILES string of the molecule is COC(=O)C1CCN(c2ccc(-n3c(-c4cccnc4N)nc4ccc(-c5ccccc5)nc43)cn2)C1.